The number of nitrogens with zero attached hydrogens (tertiary/aromatic N) is 1. The van der Waals surface area contributed by atoms with Crippen LogP contribution in [0.3, 0.4) is 0 Å². The number of likely N-dealkylation sites (tertiary alicyclic amines) is 1. The number of rotatable bonds is 4. The quantitative estimate of drug-likeness (QED) is 0.654. The Balaban J connectivity index is 1.44. The Morgan fingerprint density at radius 3 is 2.50 bits per heavy atom. The van der Waals surface area contributed by atoms with Crippen molar-refractivity contribution >= 4 is 40.9 Å². The van der Waals surface area contributed by atoms with Gasteiger partial charge in [0.15, 0.2) is 0 Å². The third-order valence-corrected chi connectivity index (χ3v) is 10.2. The maximum atomic E-state index is 13.1. The standard InChI is InChI=1S/C22H20N2O6S2/c1-30-9-4-2-8(3-5-9)13-14-10-6-11(17(14)31-19-18(13)32-22(29)23-19)16-15(10)20(27)24(21(16)28)7-12(25)26/h2-5,10-11,13-17H,6-7H2,1H3,(H,23,29)(H,25,26)/t10-,11+,13-,14-,15+,16+,17-/m0/s1. The molecule has 0 radical (unpaired) electrons. The number of carboxylic acid groups (broad SMARTS) is 1. The largest absolute Gasteiger partial charge is 0.497 e. The van der Waals surface area contributed by atoms with E-state index in [1.54, 1.807) is 18.9 Å². The Bertz CT molecular complexity index is 1200. The topological polar surface area (TPSA) is 117 Å². The summed E-state index contributed by atoms with van der Waals surface area (Å²) in [6, 6.07) is 7.81. The van der Waals surface area contributed by atoms with Gasteiger partial charge in [-0.05, 0) is 41.9 Å². The zero-order valence-corrected chi connectivity index (χ0v) is 18.7. The number of hydrogen-bond donors (Lipinski definition) is 2. The zero-order valence-electron chi connectivity index (χ0n) is 17.0. The lowest BCUT2D eigenvalue weighted by atomic mass is 9.68. The first-order chi connectivity index (χ1) is 15.4. The lowest BCUT2D eigenvalue weighted by molar-refractivity contribution is -0.149. The van der Waals surface area contributed by atoms with Crippen molar-refractivity contribution in [1.29, 1.82) is 0 Å². The van der Waals surface area contributed by atoms with E-state index in [2.05, 4.69) is 4.98 Å². The van der Waals surface area contributed by atoms with Crippen molar-refractivity contribution in [2.24, 2.45) is 29.6 Å². The highest BCUT2D eigenvalue weighted by molar-refractivity contribution is 8.00. The number of aliphatic carboxylic acids is 1. The highest BCUT2D eigenvalue weighted by Crippen LogP contribution is 2.68. The summed E-state index contributed by atoms with van der Waals surface area (Å²) in [5.41, 5.74) is 1.06. The predicted molar refractivity (Wildman–Crippen MR) is 116 cm³/mol. The second-order valence-electron chi connectivity index (χ2n) is 8.89. The number of methoxy groups -OCH3 is 1. The number of imide groups is 1. The van der Waals surface area contributed by atoms with E-state index in [1.165, 1.54) is 11.3 Å². The number of ether oxygens (including phenoxy) is 1. The summed E-state index contributed by atoms with van der Waals surface area (Å²) in [7, 11) is 1.61. The summed E-state index contributed by atoms with van der Waals surface area (Å²) >= 11 is 2.83. The van der Waals surface area contributed by atoms with Crippen molar-refractivity contribution < 1.29 is 24.2 Å². The molecule has 8 nitrogen and oxygen atoms in total. The monoisotopic (exact) mass is 472 g/mol. The number of carbonyl (C=O) groups excluding carboxylic acids is 2. The predicted octanol–water partition coefficient (Wildman–Crippen LogP) is 2.00. The Labute approximate surface area is 191 Å². The molecule has 1 aromatic heterocycles. The average molecular weight is 473 g/mol. The molecule has 6 rings (SSSR count). The van der Waals surface area contributed by atoms with Gasteiger partial charge in [-0.15, -0.1) is 11.8 Å². The first-order valence-electron chi connectivity index (χ1n) is 10.5. The van der Waals surface area contributed by atoms with E-state index in [1.807, 2.05) is 24.3 Å². The molecule has 3 heterocycles. The maximum Gasteiger partial charge on any atom is 0.323 e. The number of H-pyrrole nitrogens is 1. The van der Waals surface area contributed by atoms with Gasteiger partial charge in [0.05, 0.1) is 24.0 Å². The molecule has 7 atom stereocenters. The SMILES string of the molecule is COc1ccc([C@@H]2c3sc(=O)[nH]c3S[C@H]3[C@@H]4C[C@H]([C@H]5C(=O)N(CC(=O)O)C(=O)[C@H]45)[C@@H]23)cc1. The summed E-state index contributed by atoms with van der Waals surface area (Å²) in [5.74, 6) is -2.04. The van der Waals surface area contributed by atoms with Crippen molar-refractivity contribution in [2.45, 2.75) is 22.6 Å². The number of nitrogens with one attached hydrogen (secondary N) is 1. The van der Waals surface area contributed by atoms with E-state index in [9.17, 15) is 24.3 Å². The van der Waals surface area contributed by atoms with E-state index < -0.39 is 24.3 Å². The van der Waals surface area contributed by atoms with Gasteiger partial charge in [-0.1, -0.05) is 23.5 Å². The molecule has 32 heavy (non-hydrogen) atoms. The van der Waals surface area contributed by atoms with Gasteiger partial charge in [0.25, 0.3) is 0 Å². The Hall–Kier alpha value is -2.59. The number of carbonyl (C=O) groups is 3. The van der Waals surface area contributed by atoms with E-state index in [-0.39, 0.29) is 45.6 Å². The summed E-state index contributed by atoms with van der Waals surface area (Å²) in [5, 5.41) is 10.1. The number of hydrogen-bond acceptors (Lipinski definition) is 7. The minimum absolute atomic E-state index is 0.00690. The Kier molecular flexibility index (Phi) is 4.36. The second kappa shape index (κ2) is 6.95. The third kappa shape index (κ3) is 2.62. The summed E-state index contributed by atoms with van der Waals surface area (Å²) in [4.78, 5) is 54.4. The van der Waals surface area contributed by atoms with Crippen LogP contribution in [0.15, 0.2) is 34.1 Å². The first kappa shape index (κ1) is 20.0. The fourth-order valence-corrected chi connectivity index (χ4v) is 9.44. The van der Waals surface area contributed by atoms with Crippen LogP contribution in [0.2, 0.25) is 0 Å². The number of aromatic nitrogens is 1. The molecule has 2 saturated carbocycles. The summed E-state index contributed by atoms with van der Waals surface area (Å²) in [6.07, 6.45) is 0.780. The number of aromatic amines is 1. The fraction of sp³-hybridized carbons (Fsp3) is 0.455. The summed E-state index contributed by atoms with van der Waals surface area (Å²) in [6.45, 7) is -0.574. The molecule has 166 valence electrons. The lowest BCUT2D eigenvalue weighted by Gasteiger charge is -2.43. The molecule has 0 unspecified atom stereocenters. The number of thioether (sulfide) groups is 1. The van der Waals surface area contributed by atoms with Gasteiger partial charge in [0.2, 0.25) is 11.8 Å². The first-order valence-corrected chi connectivity index (χ1v) is 12.2. The summed E-state index contributed by atoms with van der Waals surface area (Å²) < 4.78 is 5.30. The van der Waals surface area contributed by atoms with Crippen LogP contribution < -0.4 is 9.61 Å². The molecule has 2 bridgehead atoms. The van der Waals surface area contributed by atoms with Crippen LogP contribution in [0.25, 0.3) is 0 Å². The van der Waals surface area contributed by atoms with E-state index in [4.69, 9.17) is 4.74 Å². The average Bonchev–Trinajstić information content (AvgIpc) is 3.49. The van der Waals surface area contributed by atoms with Crippen LogP contribution in [0, 0.1) is 29.6 Å². The number of benzene rings is 1. The van der Waals surface area contributed by atoms with Gasteiger partial charge in [-0.2, -0.15) is 0 Å². The molecule has 2 amide bonds. The molecule has 2 aliphatic carbocycles. The van der Waals surface area contributed by atoms with Gasteiger partial charge < -0.3 is 14.8 Å². The maximum absolute atomic E-state index is 13.1. The molecule has 4 aliphatic rings. The molecule has 1 aromatic carbocycles. The fourth-order valence-electron chi connectivity index (χ4n) is 6.55. The second-order valence-corrected chi connectivity index (χ2v) is 11.1. The third-order valence-electron chi connectivity index (χ3n) is 7.58. The normalized spacial score (nSPS) is 34.4. The van der Waals surface area contributed by atoms with Crippen LogP contribution in [-0.4, -0.2) is 51.7 Å². The zero-order chi connectivity index (χ0) is 22.3. The molecular weight excluding hydrogens is 452 g/mol. The molecular formula is C22H20N2O6S2. The van der Waals surface area contributed by atoms with Crippen molar-refractivity contribution in [2.75, 3.05) is 13.7 Å². The Morgan fingerprint density at radius 2 is 1.84 bits per heavy atom. The number of fused-ring (bicyclic) bond motifs is 9. The van der Waals surface area contributed by atoms with Gasteiger partial charge in [-0.25, -0.2) is 0 Å². The van der Waals surface area contributed by atoms with Crippen LogP contribution >= 0.6 is 23.1 Å². The van der Waals surface area contributed by atoms with Crippen molar-refractivity contribution in [1.82, 2.24) is 9.88 Å². The van der Waals surface area contributed by atoms with Crippen LogP contribution in [0.4, 0.5) is 0 Å². The molecule has 2 aliphatic heterocycles. The lowest BCUT2D eigenvalue weighted by Crippen LogP contribution is -2.42. The number of amides is 2. The van der Waals surface area contributed by atoms with Crippen molar-refractivity contribution in [3.63, 3.8) is 0 Å². The van der Waals surface area contributed by atoms with E-state index in [0.717, 1.165) is 32.5 Å². The Morgan fingerprint density at radius 1 is 1.16 bits per heavy atom. The van der Waals surface area contributed by atoms with Gasteiger partial charge in [0.1, 0.15) is 12.3 Å². The highest BCUT2D eigenvalue weighted by atomic mass is 32.2. The van der Waals surface area contributed by atoms with Crippen LogP contribution in [-0.2, 0) is 14.4 Å². The highest BCUT2D eigenvalue weighted by Gasteiger charge is 2.69. The van der Waals surface area contributed by atoms with Gasteiger partial charge >= 0.3 is 10.8 Å². The van der Waals surface area contributed by atoms with Crippen molar-refractivity contribution in [3.8, 4) is 5.75 Å². The molecule has 1 saturated heterocycles. The van der Waals surface area contributed by atoms with Gasteiger partial charge in [-0.3, -0.25) is 24.1 Å². The molecule has 10 heteroatoms. The van der Waals surface area contributed by atoms with Gasteiger partial charge in [0, 0.05) is 16.0 Å². The van der Waals surface area contributed by atoms with Crippen LogP contribution in [0.1, 0.15) is 22.8 Å². The molecule has 3 fully saturated rings. The molecule has 2 aromatic rings. The van der Waals surface area contributed by atoms with Crippen molar-refractivity contribution in [3.05, 3.63) is 44.4 Å². The van der Waals surface area contributed by atoms with Crippen LogP contribution in [0.5, 0.6) is 5.75 Å². The minimum atomic E-state index is -1.18. The number of carboxylic acids is 1. The van der Waals surface area contributed by atoms with E-state index >= 15 is 0 Å². The minimum Gasteiger partial charge on any atom is -0.497 e. The molecule has 2 N–H and O–H groups in total. The smallest absolute Gasteiger partial charge is 0.323 e. The number of thiazole rings is 1. The molecule has 0 spiro atoms. The van der Waals surface area contributed by atoms with E-state index in [0.29, 0.717) is 0 Å².